The van der Waals surface area contributed by atoms with Crippen molar-refractivity contribution in [2.24, 2.45) is 5.92 Å². The van der Waals surface area contributed by atoms with Crippen molar-refractivity contribution in [1.29, 1.82) is 0 Å². The number of amides is 1. The highest BCUT2D eigenvalue weighted by molar-refractivity contribution is 9.10. The van der Waals surface area contributed by atoms with Crippen LogP contribution in [0, 0.1) is 5.92 Å². The molecule has 0 bridgehead atoms. The van der Waals surface area contributed by atoms with Gasteiger partial charge in [0.25, 0.3) is 11.8 Å². The minimum Gasteiger partial charge on any atom is -0.492 e. The molecular formula is C16H15BrF4NO4PS. The Balaban J connectivity index is 2.00. The summed E-state index contributed by atoms with van der Waals surface area (Å²) in [5.74, 6) is -3.86. The third-order valence-corrected chi connectivity index (χ3v) is 7.64. The second kappa shape index (κ2) is 7.68. The maximum absolute atomic E-state index is 14.2. The zero-order valence-electron chi connectivity index (χ0n) is 14.3. The first-order chi connectivity index (χ1) is 13.0. The van der Waals surface area contributed by atoms with Gasteiger partial charge in [-0.25, -0.2) is 8.78 Å². The fourth-order valence-electron chi connectivity index (χ4n) is 2.70. The maximum Gasteiger partial charge on any atom is 0.349 e. The fourth-order valence-corrected chi connectivity index (χ4v) is 5.48. The van der Waals surface area contributed by atoms with Crippen LogP contribution in [-0.4, -0.2) is 35.3 Å². The van der Waals surface area contributed by atoms with Gasteiger partial charge in [-0.1, -0.05) is 0 Å². The third kappa shape index (κ3) is 4.00. The zero-order chi connectivity index (χ0) is 20.9. The van der Waals surface area contributed by atoms with E-state index in [2.05, 4.69) is 21.2 Å². The summed E-state index contributed by atoms with van der Waals surface area (Å²) in [6.07, 6.45) is -0.117. The van der Waals surface area contributed by atoms with Crippen molar-refractivity contribution in [2.45, 2.75) is 24.4 Å². The molecule has 3 rings (SSSR count). The molecule has 1 heterocycles. The Labute approximate surface area is 170 Å². The predicted molar refractivity (Wildman–Crippen MR) is 101 cm³/mol. The summed E-state index contributed by atoms with van der Waals surface area (Å²) in [6, 6.07) is 2.71. The van der Waals surface area contributed by atoms with E-state index in [-0.39, 0.29) is 45.3 Å². The van der Waals surface area contributed by atoms with Crippen LogP contribution < -0.4 is 10.1 Å². The van der Waals surface area contributed by atoms with Gasteiger partial charge in [0.15, 0.2) is 0 Å². The standard InChI is InChI=1S/C16H15BrF4NO4PS/c1-22-14(23)7-4-9-11(17)13(16(20,21)27(24)25)28-12(9)10(5-7)26-3-2-8-6-15(8,18)19/h4-5,8,24-25H,2-3,6H2,1H3,(H,22,23). The monoisotopic (exact) mass is 503 g/mol. The van der Waals surface area contributed by atoms with E-state index in [9.17, 15) is 22.4 Å². The second-order valence-corrected chi connectivity index (χ2v) is 9.26. The lowest BCUT2D eigenvalue weighted by atomic mass is 10.1. The molecular weight excluding hydrogens is 489 g/mol. The van der Waals surface area contributed by atoms with E-state index in [1.54, 1.807) is 0 Å². The molecule has 0 saturated heterocycles. The molecule has 5 nitrogen and oxygen atoms in total. The van der Waals surface area contributed by atoms with Crippen molar-refractivity contribution in [2.75, 3.05) is 13.7 Å². The van der Waals surface area contributed by atoms with Crippen molar-refractivity contribution >= 4 is 51.6 Å². The Kier molecular flexibility index (Phi) is 5.95. The summed E-state index contributed by atoms with van der Waals surface area (Å²) in [5, 5.41) is 2.64. The predicted octanol–water partition coefficient (Wildman–Crippen LogP) is 4.79. The first-order valence-corrected chi connectivity index (χ1v) is 10.9. The number of hydrogen-bond acceptors (Lipinski definition) is 5. The molecule has 0 radical (unpaired) electrons. The van der Waals surface area contributed by atoms with Crippen LogP contribution in [0.4, 0.5) is 17.6 Å². The maximum atomic E-state index is 14.2. The summed E-state index contributed by atoms with van der Waals surface area (Å²) >= 11 is 3.63. The van der Waals surface area contributed by atoms with Gasteiger partial charge in [0.1, 0.15) is 5.75 Å². The van der Waals surface area contributed by atoms with Gasteiger partial charge >= 0.3 is 5.66 Å². The quantitative estimate of drug-likeness (QED) is 0.374. The number of nitrogens with one attached hydrogen (secondary N) is 1. The molecule has 1 fully saturated rings. The highest BCUT2D eigenvalue weighted by Crippen LogP contribution is 2.58. The number of alkyl halides is 4. The van der Waals surface area contributed by atoms with Gasteiger partial charge in [-0.15, -0.1) is 11.3 Å². The van der Waals surface area contributed by atoms with Crippen molar-refractivity contribution in [1.82, 2.24) is 5.32 Å². The average molecular weight is 504 g/mol. The average Bonchev–Trinajstić information content (AvgIpc) is 3.08. The highest BCUT2D eigenvalue weighted by Gasteiger charge is 2.56. The minimum absolute atomic E-state index is 0.0689. The molecule has 0 spiro atoms. The highest BCUT2D eigenvalue weighted by atomic mass is 79.9. The van der Waals surface area contributed by atoms with Crippen LogP contribution in [0.5, 0.6) is 5.75 Å². The normalized spacial score (nSPS) is 18.5. The summed E-state index contributed by atoms with van der Waals surface area (Å²) in [5.41, 5.74) is -3.76. The largest absolute Gasteiger partial charge is 0.492 e. The van der Waals surface area contributed by atoms with Crippen molar-refractivity contribution < 1.29 is 36.9 Å². The lowest BCUT2D eigenvalue weighted by molar-refractivity contribution is 0.0766. The molecule has 3 N–H and O–H groups in total. The molecule has 0 aliphatic heterocycles. The number of carbonyl (C=O) groups is 1. The van der Waals surface area contributed by atoms with E-state index in [1.165, 1.54) is 19.2 Å². The number of hydrogen-bond donors (Lipinski definition) is 3. The first-order valence-electron chi connectivity index (χ1n) is 8.04. The number of fused-ring (bicyclic) bond motifs is 1. The molecule has 1 aliphatic rings. The summed E-state index contributed by atoms with van der Waals surface area (Å²) in [6.45, 7) is -0.0689. The van der Waals surface area contributed by atoms with E-state index >= 15 is 0 Å². The van der Waals surface area contributed by atoms with Gasteiger partial charge < -0.3 is 19.8 Å². The summed E-state index contributed by atoms with van der Waals surface area (Å²) in [4.78, 5) is 29.6. The SMILES string of the molecule is CNC(=O)c1cc(OCCC2CC2(F)F)c2sc(C(F)(F)P(O)O)c(Br)c2c1. The van der Waals surface area contributed by atoms with Crippen molar-refractivity contribution in [3.63, 3.8) is 0 Å². The molecule has 1 aromatic heterocycles. The van der Waals surface area contributed by atoms with E-state index in [0.717, 1.165) is 0 Å². The van der Waals surface area contributed by atoms with Gasteiger partial charge in [0.2, 0.25) is 8.38 Å². The smallest absolute Gasteiger partial charge is 0.349 e. The van der Waals surface area contributed by atoms with Crippen LogP contribution in [0.15, 0.2) is 16.6 Å². The van der Waals surface area contributed by atoms with E-state index in [0.29, 0.717) is 11.3 Å². The van der Waals surface area contributed by atoms with Crippen molar-refractivity contribution in [3.05, 3.63) is 27.0 Å². The third-order valence-electron chi connectivity index (χ3n) is 4.39. The van der Waals surface area contributed by atoms with E-state index in [1.807, 2.05) is 0 Å². The molecule has 2 aromatic rings. The summed E-state index contributed by atoms with van der Waals surface area (Å²) < 4.78 is 60.1. The van der Waals surface area contributed by atoms with Crippen LogP contribution in [-0.2, 0) is 5.66 Å². The number of thiophene rings is 1. The Bertz CT molecular complexity index is 924. The van der Waals surface area contributed by atoms with E-state index in [4.69, 9.17) is 14.5 Å². The van der Waals surface area contributed by atoms with Gasteiger partial charge in [-0.2, -0.15) is 8.78 Å². The molecule has 1 atom stereocenters. The molecule has 1 aromatic carbocycles. The number of carbonyl (C=O) groups excluding carboxylic acids is 1. The Morgan fingerprint density at radius 2 is 2.11 bits per heavy atom. The molecule has 1 amide bonds. The molecule has 12 heteroatoms. The Hall–Kier alpha value is -1.00. The Morgan fingerprint density at radius 3 is 2.64 bits per heavy atom. The molecule has 154 valence electrons. The van der Waals surface area contributed by atoms with Gasteiger partial charge in [-0.3, -0.25) is 4.79 Å². The lowest BCUT2D eigenvalue weighted by Gasteiger charge is -2.15. The van der Waals surface area contributed by atoms with Gasteiger partial charge in [0, 0.05) is 34.8 Å². The molecule has 1 aliphatic carbocycles. The van der Waals surface area contributed by atoms with Crippen LogP contribution in [0.2, 0.25) is 0 Å². The lowest BCUT2D eigenvalue weighted by Crippen LogP contribution is -2.17. The number of benzene rings is 1. The fraction of sp³-hybridized carbons (Fsp3) is 0.438. The first kappa shape index (κ1) is 21.7. The number of ether oxygens (including phenoxy) is 1. The van der Waals surface area contributed by atoms with Crippen molar-refractivity contribution in [3.8, 4) is 5.75 Å². The van der Waals surface area contributed by atoms with Crippen LogP contribution in [0.3, 0.4) is 0 Å². The van der Waals surface area contributed by atoms with Crippen LogP contribution >= 0.6 is 35.6 Å². The van der Waals surface area contributed by atoms with Crippen LogP contribution in [0.1, 0.15) is 28.1 Å². The molecule has 1 saturated carbocycles. The molecule has 28 heavy (non-hydrogen) atoms. The Morgan fingerprint density at radius 1 is 1.46 bits per heavy atom. The van der Waals surface area contributed by atoms with Gasteiger partial charge in [-0.05, 0) is 34.5 Å². The topological polar surface area (TPSA) is 78.8 Å². The summed E-state index contributed by atoms with van der Waals surface area (Å²) in [7, 11) is -2.19. The van der Waals surface area contributed by atoms with E-state index < -0.39 is 36.7 Å². The minimum atomic E-state index is -3.89. The molecule has 1 unspecified atom stereocenters. The zero-order valence-corrected chi connectivity index (χ0v) is 17.6. The number of halogens is 5. The number of rotatable bonds is 7. The van der Waals surface area contributed by atoms with Crippen LogP contribution in [0.25, 0.3) is 10.1 Å². The second-order valence-electron chi connectivity index (χ2n) is 6.31. The van der Waals surface area contributed by atoms with Gasteiger partial charge in [0.05, 0.1) is 16.2 Å².